The van der Waals surface area contributed by atoms with Gasteiger partial charge in [0.1, 0.15) is 11.6 Å². The second-order valence-corrected chi connectivity index (χ2v) is 2.34. The van der Waals surface area contributed by atoms with Gasteiger partial charge in [0.15, 0.2) is 0 Å². The van der Waals surface area contributed by atoms with Crippen molar-refractivity contribution in [2.45, 2.75) is 25.0 Å². The van der Waals surface area contributed by atoms with E-state index in [9.17, 15) is 13.6 Å². The number of carboxylic acids is 1. The van der Waals surface area contributed by atoms with Crippen molar-refractivity contribution in [1.29, 1.82) is 0 Å². The molecule has 4 N–H and O–H groups in total. The minimum absolute atomic E-state index is 0.677. The molecule has 0 fully saturated rings. The monoisotopic (exact) mass is 169 g/mol. The van der Waals surface area contributed by atoms with E-state index in [4.69, 9.17) is 15.9 Å². The molecule has 0 rings (SSSR count). The molecule has 0 heterocycles. The molecule has 6 heteroatoms. The highest BCUT2D eigenvalue weighted by molar-refractivity contribution is 5.74. The summed E-state index contributed by atoms with van der Waals surface area (Å²) in [7, 11) is 0. The van der Waals surface area contributed by atoms with E-state index in [0.29, 0.717) is 6.92 Å². The first-order valence-corrected chi connectivity index (χ1v) is 2.79. The van der Waals surface area contributed by atoms with E-state index in [1.165, 1.54) is 0 Å². The van der Waals surface area contributed by atoms with Crippen LogP contribution >= 0.6 is 0 Å². The molecule has 0 bridgehead atoms. The van der Waals surface area contributed by atoms with Gasteiger partial charge in [-0.1, -0.05) is 0 Å². The Labute approximate surface area is 61.6 Å². The first kappa shape index (κ1) is 10.2. The molecule has 0 amide bonds. The second-order valence-electron chi connectivity index (χ2n) is 2.34. The molecule has 0 aliphatic carbocycles. The summed E-state index contributed by atoms with van der Waals surface area (Å²) in [5, 5.41) is 16.9. The number of halogens is 2. The maximum atomic E-state index is 11.8. The van der Waals surface area contributed by atoms with Gasteiger partial charge >= 0.3 is 5.97 Å². The number of aliphatic hydroxyl groups is 1. The minimum atomic E-state index is -3.17. The van der Waals surface area contributed by atoms with E-state index in [1.807, 2.05) is 0 Å². The Balaban J connectivity index is 4.41. The first-order valence-electron chi connectivity index (χ1n) is 2.79. The Bertz CT molecular complexity index is 160. The van der Waals surface area contributed by atoms with Gasteiger partial charge in [0, 0.05) is 0 Å². The molecular formula is C5H9F2NO3. The van der Waals surface area contributed by atoms with Gasteiger partial charge in [-0.25, -0.2) is 8.78 Å². The Morgan fingerprint density at radius 3 is 2.09 bits per heavy atom. The van der Waals surface area contributed by atoms with Gasteiger partial charge in [0.05, 0.1) is 0 Å². The summed E-state index contributed by atoms with van der Waals surface area (Å²) < 4.78 is 23.7. The molecule has 2 atom stereocenters. The van der Waals surface area contributed by atoms with Crippen molar-refractivity contribution >= 4 is 5.97 Å². The highest BCUT2D eigenvalue weighted by atomic mass is 19.3. The summed E-state index contributed by atoms with van der Waals surface area (Å²) >= 11 is 0. The number of carboxylic acid groups (broad SMARTS) is 1. The van der Waals surface area contributed by atoms with Crippen LogP contribution in [0.5, 0.6) is 0 Å². The Hall–Kier alpha value is -0.750. The van der Waals surface area contributed by atoms with Crippen LogP contribution in [0.3, 0.4) is 0 Å². The summed E-state index contributed by atoms with van der Waals surface area (Å²) in [6.45, 7) is 0.677. The summed E-state index contributed by atoms with van der Waals surface area (Å²) in [5.74, 6) is -1.66. The minimum Gasteiger partial charge on any atom is -0.480 e. The first-order chi connectivity index (χ1) is 4.80. The molecule has 4 nitrogen and oxygen atoms in total. The topological polar surface area (TPSA) is 83.5 Å². The lowest BCUT2D eigenvalue weighted by molar-refractivity contribution is -0.155. The lowest BCUT2D eigenvalue weighted by Gasteiger charge is -2.25. The quantitative estimate of drug-likeness (QED) is 0.527. The lowest BCUT2D eigenvalue weighted by atomic mass is 9.98. The van der Waals surface area contributed by atoms with Crippen LogP contribution in [0.15, 0.2) is 0 Å². The number of alkyl halides is 2. The van der Waals surface area contributed by atoms with Gasteiger partial charge < -0.3 is 15.9 Å². The molecule has 0 aliphatic heterocycles. The SMILES string of the molecule is C[C@@](O)(C(F)F)[C@H](N)C(=O)O. The van der Waals surface area contributed by atoms with Crippen LogP contribution in [-0.2, 0) is 4.79 Å². The van der Waals surface area contributed by atoms with Crippen LogP contribution in [0.2, 0.25) is 0 Å². The fourth-order valence-corrected chi connectivity index (χ4v) is 0.386. The average Bonchev–Trinajstić information content (AvgIpc) is 1.85. The van der Waals surface area contributed by atoms with Crippen LogP contribution in [0, 0.1) is 0 Å². The van der Waals surface area contributed by atoms with E-state index < -0.39 is 24.0 Å². The zero-order valence-electron chi connectivity index (χ0n) is 5.79. The molecule has 0 radical (unpaired) electrons. The van der Waals surface area contributed by atoms with Crippen molar-refractivity contribution in [2.75, 3.05) is 0 Å². The summed E-state index contributed by atoms with van der Waals surface area (Å²) in [4.78, 5) is 10.0. The zero-order valence-corrected chi connectivity index (χ0v) is 5.79. The molecule has 0 spiro atoms. The number of nitrogens with two attached hydrogens (primary N) is 1. The van der Waals surface area contributed by atoms with Crippen LogP contribution in [0.4, 0.5) is 8.78 Å². The van der Waals surface area contributed by atoms with Crippen molar-refractivity contribution in [3.63, 3.8) is 0 Å². The molecule has 0 unspecified atom stereocenters. The molecule has 0 aromatic rings. The van der Waals surface area contributed by atoms with E-state index in [0.717, 1.165) is 0 Å². The fourth-order valence-electron chi connectivity index (χ4n) is 0.386. The van der Waals surface area contributed by atoms with Gasteiger partial charge in [0.25, 0.3) is 6.43 Å². The molecule has 0 aliphatic rings. The van der Waals surface area contributed by atoms with Gasteiger partial charge in [0.2, 0.25) is 0 Å². The average molecular weight is 169 g/mol. The van der Waals surface area contributed by atoms with Crippen molar-refractivity contribution in [3.05, 3.63) is 0 Å². The van der Waals surface area contributed by atoms with Crippen molar-refractivity contribution in [2.24, 2.45) is 5.73 Å². The van der Waals surface area contributed by atoms with Gasteiger partial charge in [-0.2, -0.15) is 0 Å². The Morgan fingerprint density at radius 1 is 1.64 bits per heavy atom. The molecule has 66 valence electrons. The number of rotatable bonds is 3. The third-order valence-electron chi connectivity index (χ3n) is 1.34. The summed E-state index contributed by atoms with van der Waals surface area (Å²) in [5.41, 5.74) is 2.09. The van der Waals surface area contributed by atoms with Crippen molar-refractivity contribution in [1.82, 2.24) is 0 Å². The summed E-state index contributed by atoms with van der Waals surface area (Å²) in [6.07, 6.45) is -3.17. The predicted octanol–water partition coefficient (Wildman–Crippen LogP) is -0.586. The van der Waals surface area contributed by atoms with Gasteiger partial charge in [-0.15, -0.1) is 0 Å². The van der Waals surface area contributed by atoms with Gasteiger partial charge in [-0.3, -0.25) is 4.79 Å². The number of aliphatic carboxylic acids is 1. The van der Waals surface area contributed by atoms with E-state index >= 15 is 0 Å². The summed E-state index contributed by atoms with van der Waals surface area (Å²) in [6, 6.07) is -1.97. The van der Waals surface area contributed by atoms with Crippen molar-refractivity contribution < 1.29 is 23.8 Å². The van der Waals surface area contributed by atoms with Crippen LogP contribution in [0.25, 0.3) is 0 Å². The maximum Gasteiger partial charge on any atom is 0.323 e. The van der Waals surface area contributed by atoms with Gasteiger partial charge in [-0.05, 0) is 6.92 Å². The largest absolute Gasteiger partial charge is 0.480 e. The second kappa shape index (κ2) is 3.10. The zero-order chi connectivity index (χ0) is 9.23. The number of carbonyl (C=O) groups is 1. The standard InChI is InChI=1S/C5H9F2NO3/c1-5(11,4(6)7)2(8)3(9)10/h2,4,11H,8H2,1H3,(H,9,10)/t2-,5+/m1/s1. The molecule has 11 heavy (non-hydrogen) atoms. The van der Waals surface area contributed by atoms with E-state index in [2.05, 4.69) is 0 Å². The maximum absolute atomic E-state index is 11.8. The molecule has 0 saturated heterocycles. The molecule has 0 aromatic heterocycles. The smallest absolute Gasteiger partial charge is 0.323 e. The Kier molecular flexibility index (Phi) is 2.89. The number of hydrogen-bond donors (Lipinski definition) is 3. The third-order valence-corrected chi connectivity index (χ3v) is 1.34. The highest BCUT2D eigenvalue weighted by Crippen LogP contribution is 2.17. The highest BCUT2D eigenvalue weighted by Gasteiger charge is 2.42. The molecular weight excluding hydrogens is 160 g/mol. The lowest BCUT2D eigenvalue weighted by Crippen LogP contribution is -2.55. The predicted molar refractivity (Wildman–Crippen MR) is 32.2 cm³/mol. The normalized spacial score (nSPS) is 19.5. The molecule has 0 aromatic carbocycles. The molecule has 0 saturated carbocycles. The van der Waals surface area contributed by atoms with E-state index in [-0.39, 0.29) is 0 Å². The van der Waals surface area contributed by atoms with Crippen LogP contribution in [0.1, 0.15) is 6.92 Å². The fraction of sp³-hybridized carbons (Fsp3) is 0.800. The van der Waals surface area contributed by atoms with Crippen molar-refractivity contribution in [3.8, 4) is 0 Å². The van der Waals surface area contributed by atoms with E-state index in [1.54, 1.807) is 0 Å². The van der Waals surface area contributed by atoms with Crippen LogP contribution in [-0.4, -0.2) is 34.3 Å². The van der Waals surface area contributed by atoms with Crippen LogP contribution < -0.4 is 5.73 Å². The third kappa shape index (κ3) is 2.09. The Morgan fingerprint density at radius 2 is 2.00 bits per heavy atom. The number of hydrogen-bond acceptors (Lipinski definition) is 3.